The van der Waals surface area contributed by atoms with Gasteiger partial charge >= 0.3 is 23.9 Å². The van der Waals surface area contributed by atoms with Crippen LogP contribution in [0, 0.1) is 35.5 Å². The van der Waals surface area contributed by atoms with E-state index < -0.39 is 35.4 Å². The predicted octanol–water partition coefficient (Wildman–Crippen LogP) is 5.94. The van der Waals surface area contributed by atoms with Crippen LogP contribution >= 0.6 is 23.5 Å². The van der Waals surface area contributed by atoms with Gasteiger partial charge < -0.3 is 28.4 Å². The zero-order valence-electron chi connectivity index (χ0n) is 27.5. The van der Waals surface area contributed by atoms with Crippen LogP contribution in [0.2, 0.25) is 0 Å². The van der Waals surface area contributed by atoms with Gasteiger partial charge in [-0.25, -0.2) is 9.59 Å². The van der Waals surface area contributed by atoms with Crippen molar-refractivity contribution in [1.82, 2.24) is 0 Å². The molecule has 2 aliphatic carbocycles. The SMILES string of the molecule is CC(=O)O[C@@H]1CSC(C(=O)O[C@@H]2C[C@H](C)CC[C@H]2C(C)C)O1.CC(=O)O[C@H]1CSC(C(=O)O[C@@H]2C[C@H](C)CC[C@H]2C(C)C)O1. The molecule has 4 fully saturated rings. The lowest BCUT2D eigenvalue weighted by molar-refractivity contribution is -0.185. The number of ether oxygens (including phenoxy) is 6. The van der Waals surface area contributed by atoms with E-state index in [0.29, 0.717) is 47.0 Å². The van der Waals surface area contributed by atoms with Crippen molar-refractivity contribution in [2.75, 3.05) is 11.5 Å². The summed E-state index contributed by atoms with van der Waals surface area (Å²) in [5.41, 5.74) is -1.37. The fourth-order valence-corrected chi connectivity index (χ4v) is 8.16. The summed E-state index contributed by atoms with van der Waals surface area (Å²) in [6.45, 7) is 15.8. The van der Waals surface area contributed by atoms with Crippen molar-refractivity contribution in [1.29, 1.82) is 0 Å². The van der Waals surface area contributed by atoms with Crippen LogP contribution in [-0.4, -0.2) is 71.0 Å². The van der Waals surface area contributed by atoms with Crippen LogP contribution in [0.1, 0.15) is 93.9 Å². The van der Waals surface area contributed by atoms with Crippen LogP contribution in [0.25, 0.3) is 0 Å². The van der Waals surface area contributed by atoms with Crippen LogP contribution in [0.4, 0.5) is 0 Å². The van der Waals surface area contributed by atoms with Gasteiger partial charge in [-0.2, -0.15) is 0 Å². The highest BCUT2D eigenvalue weighted by molar-refractivity contribution is 8.00. The normalized spacial score (nSPS) is 35.4. The fraction of sp³-hybridized carbons (Fsp3) is 0.875. The molecule has 2 unspecified atom stereocenters. The van der Waals surface area contributed by atoms with Crippen molar-refractivity contribution in [2.45, 2.75) is 130 Å². The molecule has 10 nitrogen and oxygen atoms in total. The van der Waals surface area contributed by atoms with Gasteiger partial charge in [0.25, 0.3) is 0 Å². The Morgan fingerprint density at radius 1 is 0.614 bits per heavy atom. The number of hydrogen-bond donors (Lipinski definition) is 0. The molecule has 0 spiro atoms. The van der Waals surface area contributed by atoms with E-state index in [-0.39, 0.29) is 24.1 Å². The Kier molecular flexibility index (Phi) is 14.6. The minimum Gasteiger partial charge on any atom is -0.459 e. The second-order valence-electron chi connectivity index (χ2n) is 13.3. The molecule has 2 saturated carbocycles. The summed E-state index contributed by atoms with van der Waals surface area (Å²) in [5, 5.41) is 0. The summed E-state index contributed by atoms with van der Waals surface area (Å²) in [6, 6.07) is 0. The van der Waals surface area contributed by atoms with Crippen molar-refractivity contribution < 1.29 is 47.6 Å². The van der Waals surface area contributed by atoms with Gasteiger partial charge in [0.1, 0.15) is 12.2 Å². The Balaban J connectivity index is 0.000000240. The second kappa shape index (κ2) is 17.4. The number of thioether (sulfide) groups is 2. The van der Waals surface area contributed by atoms with E-state index in [1.54, 1.807) is 0 Å². The van der Waals surface area contributed by atoms with E-state index in [1.807, 2.05) is 0 Å². The van der Waals surface area contributed by atoms with E-state index in [0.717, 1.165) is 25.7 Å². The number of carbonyl (C=O) groups is 4. The summed E-state index contributed by atoms with van der Waals surface area (Å²) in [7, 11) is 0. The molecule has 252 valence electrons. The Bertz CT molecular complexity index is 899. The highest BCUT2D eigenvalue weighted by Crippen LogP contribution is 2.38. The zero-order chi connectivity index (χ0) is 32.6. The van der Waals surface area contributed by atoms with Crippen molar-refractivity contribution in [3.05, 3.63) is 0 Å². The Morgan fingerprint density at radius 2 is 0.977 bits per heavy atom. The molecule has 0 aromatic rings. The van der Waals surface area contributed by atoms with Crippen molar-refractivity contribution in [3.63, 3.8) is 0 Å². The molecule has 10 atom stereocenters. The van der Waals surface area contributed by atoms with Gasteiger partial charge in [0.2, 0.25) is 23.5 Å². The molecule has 0 N–H and O–H groups in total. The Labute approximate surface area is 271 Å². The first-order chi connectivity index (χ1) is 20.7. The maximum absolute atomic E-state index is 12.3. The molecule has 4 rings (SSSR count). The largest absolute Gasteiger partial charge is 0.459 e. The van der Waals surface area contributed by atoms with Crippen LogP contribution in [0.3, 0.4) is 0 Å². The molecule has 44 heavy (non-hydrogen) atoms. The quantitative estimate of drug-likeness (QED) is 0.226. The molecule has 0 amide bonds. The van der Waals surface area contributed by atoms with E-state index in [2.05, 4.69) is 41.5 Å². The molecule has 0 radical (unpaired) electrons. The van der Waals surface area contributed by atoms with Crippen molar-refractivity contribution in [2.24, 2.45) is 35.5 Å². The fourth-order valence-electron chi connectivity index (χ4n) is 6.42. The molecule has 12 heteroatoms. The molecule has 2 aliphatic heterocycles. The summed E-state index contributed by atoms with van der Waals surface area (Å²) in [6.07, 6.45) is 5.06. The van der Waals surface area contributed by atoms with Gasteiger partial charge in [-0.15, -0.1) is 23.5 Å². The molecule has 0 aromatic heterocycles. The highest BCUT2D eigenvalue weighted by Gasteiger charge is 2.40. The third-order valence-corrected chi connectivity index (χ3v) is 10.9. The van der Waals surface area contributed by atoms with Gasteiger partial charge in [0.05, 0.1) is 11.5 Å². The van der Waals surface area contributed by atoms with E-state index in [1.165, 1.54) is 50.2 Å². The highest BCUT2D eigenvalue weighted by atomic mass is 32.2. The number of carbonyl (C=O) groups excluding carboxylic acids is 4. The molecule has 2 heterocycles. The first-order valence-corrected chi connectivity index (χ1v) is 18.1. The van der Waals surface area contributed by atoms with Gasteiger partial charge in [0.15, 0.2) is 0 Å². The van der Waals surface area contributed by atoms with Crippen LogP contribution < -0.4 is 0 Å². The lowest BCUT2D eigenvalue weighted by Crippen LogP contribution is -2.38. The minimum atomic E-state index is -0.686. The van der Waals surface area contributed by atoms with E-state index in [4.69, 9.17) is 28.4 Å². The van der Waals surface area contributed by atoms with E-state index in [9.17, 15) is 19.2 Å². The van der Waals surface area contributed by atoms with Crippen molar-refractivity contribution in [3.8, 4) is 0 Å². The van der Waals surface area contributed by atoms with Gasteiger partial charge in [-0.05, 0) is 61.2 Å². The molecule has 0 aromatic carbocycles. The topological polar surface area (TPSA) is 124 Å². The lowest BCUT2D eigenvalue weighted by atomic mass is 9.75. The predicted molar refractivity (Wildman–Crippen MR) is 168 cm³/mol. The Morgan fingerprint density at radius 3 is 1.30 bits per heavy atom. The summed E-state index contributed by atoms with van der Waals surface area (Å²) >= 11 is 2.65. The Hall–Kier alpha value is -1.50. The summed E-state index contributed by atoms with van der Waals surface area (Å²) < 4.78 is 32.3. The van der Waals surface area contributed by atoms with Crippen LogP contribution in [-0.2, 0) is 47.6 Å². The van der Waals surface area contributed by atoms with Crippen LogP contribution in [0.15, 0.2) is 0 Å². The third kappa shape index (κ3) is 11.4. The number of rotatable bonds is 8. The average molecular weight is 661 g/mol. The smallest absolute Gasteiger partial charge is 0.346 e. The van der Waals surface area contributed by atoms with E-state index >= 15 is 0 Å². The lowest BCUT2D eigenvalue weighted by Gasteiger charge is -2.37. The maximum Gasteiger partial charge on any atom is 0.346 e. The molecular weight excluding hydrogens is 608 g/mol. The van der Waals surface area contributed by atoms with Gasteiger partial charge in [-0.3, -0.25) is 9.59 Å². The van der Waals surface area contributed by atoms with Crippen LogP contribution in [0.5, 0.6) is 0 Å². The molecule has 4 aliphatic rings. The molecule has 2 saturated heterocycles. The molecule has 0 bridgehead atoms. The average Bonchev–Trinajstić information content (AvgIpc) is 3.58. The monoisotopic (exact) mass is 660 g/mol. The first-order valence-electron chi connectivity index (χ1n) is 16.0. The third-order valence-electron chi connectivity index (χ3n) is 8.76. The second-order valence-corrected chi connectivity index (χ2v) is 15.5. The van der Waals surface area contributed by atoms with Crippen molar-refractivity contribution >= 4 is 47.4 Å². The van der Waals surface area contributed by atoms with Gasteiger partial charge in [-0.1, -0.05) is 54.4 Å². The minimum absolute atomic E-state index is 0.0341. The molecular formula is C32H52O10S2. The zero-order valence-corrected chi connectivity index (χ0v) is 29.1. The summed E-state index contributed by atoms with van der Waals surface area (Å²) in [4.78, 5) is 46.5. The standard InChI is InChI=1S/2C16H26O5S/c2*1-9(2)12-6-5-10(3)7-13(12)20-15(18)16-21-14(8-22-16)19-11(4)17/h2*9-10,12-14,16H,5-8H2,1-4H3/t10-,12+,13-,14+,16?;10-,12+,13-,14-,16?/m11/s1. The number of hydrogen-bond acceptors (Lipinski definition) is 12. The first kappa shape index (κ1) is 37.0. The summed E-state index contributed by atoms with van der Waals surface area (Å²) in [5.74, 6) is 2.42. The number of esters is 4. The maximum atomic E-state index is 12.3. The van der Waals surface area contributed by atoms with Gasteiger partial charge in [0, 0.05) is 13.8 Å².